The molecule has 1 aliphatic carbocycles. The van der Waals surface area contributed by atoms with E-state index >= 15 is 0 Å². The summed E-state index contributed by atoms with van der Waals surface area (Å²) < 4.78 is 32.7. The maximum Gasteiger partial charge on any atom is 0.261 e. The standard InChI is InChI=1S/C17H20N2O3S/c1-12-11-16(9-10-17(12)22-2)23(20,21)19-15-7-5-14(6-8-15)18-13-3-4-13/h5-11,13,18-19H,3-4H2,1-2H3. The van der Waals surface area contributed by atoms with Gasteiger partial charge in [-0.3, -0.25) is 4.72 Å². The molecule has 0 spiro atoms. The van der Waals surface area contributed by atoms with E-state index in [-0.39, 0.29) is 4.90 Å². The number of rotatable bonds is 6. The van der Waals surface area contributed by atoms with Crippen LogP contribution in [0.4, 0.5) is 11.4 Å². The third kappa shape index (κ3) is 3.76. The zero-order valence-corrected chi connectivity index (χ0v) is 14.0. The molecule has 122 valence electrons. The lowest BCUT2D eigenvalue weighted by Gasteiger charge is -2.11. The molecule has 0 unspecified atom stereocenters. The SMILES string of the molecule is COc1ccc(S(=O)(=O)Nc2ccc(NC3CC3)cc2)cc1C. The second kappa shape index (κ2) is 6.12. The Labute approximate surface area is 136 Å². The van der Waals surface area contributed by atoms with Gasteiger partial charge in [-0.25, -0.2) is 8.42 Å². The fourth-order valence-electron chi connectivity index (χ4n) is 2.33. The van der Waals surface area contributed by atoms with E-state index in [0.717, 1.165) is 11.3 Å². The molecule has 1 aliphatic rings. The van der Waals surface area contributed by atoms with Gasteiger partial charge in [-0.2, -0.15) is 0 Å². The average Bonchev–Trinajstić information content (AvgIpc) is 3.33. The summed E-state index contributed by atoms with van der Waals surface area (Å²) in [6.07, 6.45) is 2.40. The van der Waals surface area contributed by atoms with Crippen LogP contribution >= 0.6 is 0 Å². The van der Waals surface area contributed by atoms with Crippen molar-refractivity contribution in [3.05, 3.63) is 48.0 Å². The number of ether oxygens (including phenoxy) is 1. The van der Waals surface area contributed by atoms with Gasteiger partial charge in [-0.1, -0.05) is 0 Å². The molecule has 23 heavy (non-hydrogen) atoms. The van der Waals surface area contributed by atoms with Crippen molar-refractivity contribution in [3.63, 3.8) is 0 Å². The highest BCUT2D eigenvalue weighted by molar-refractivity contribution is 7.92. The molecule has 0 bridgehead atoms. The van der Waals surface area contributed by atoms with Crippen LogP contribution in [0.1, 0.15) is 18.4 Å². The molecule has 2 aromatic carbocycles. The van der Waals surface area contributed by atoms with Gasteiger partial charge in [0.05, 0.1) is 12.0 Å². The zero-order valence-electron chi connectivity index (χ0n) is 13.2. The molecule has 6 heteroatoms. The summed E-state index contributed by atoms with van der Waals surface area (Å²) in [5.41, 5.74) is 2.33. The molecule has 0 aliphatic heterocycles. The van der Waals surface area contributed by atoms with Crippen LogP contribution in [0, 0.1) is 6.92 Å². The molecule has 0 radical (unpaired) electrons. The molecule has 0 atom stereocenters. The summed E-state index contributed by atoms with van der Waals surface area (Å²) in [5.74, 6) is 0.666. The lowest BCUT2D eigenvalue weighted by Crippen LogP contribution is -2.13. The minimum Gasteiger partial charge on any atom is -0.496 e. The number of hydrogen-bond acceptors (Lipinski definition) is 4. The topological polar surface area (TPSA) is 67.4 Å². The van der Waals surface area contributed by atoms with Crippen molar-refractivity contribution in [2.75, 3.05) is 17.1 Å². The molecule has 1 fully saturated rings. The maximum atomic E-state index is 12.5. The van der Waals surface area contributed by atoms with E-state index in [1.165, 1.54) is 18.9 Å². The molecule has 2 aromatic rings. The number of aryl methyl sites for hydroxylation is 1. The molecule has 0 amide bonds. The van der Waals surface area contributed by atoms with Gasteiger partial charge < -0.3 is 10.1 Å². The highest BCUT2D eigenvalue weighted by Gasteiger charge is 2.20. The normalized spacial score (nSPS) is 14.3. The van der Waals surface area contributed by atoms with Crippen LogP contribution in [0.5, 0.6) is 5.75 Å². The second-order valence-electron chi connectivity index (χ2n) is 5.73. The Bertz CT molecular complexity index is 797. The van der Waals surface area contributed by atoms with Crippen LogP contribution in [0.25, 0.3) is 0 Å². The number of sulfonamides is 1. The lowest BCUT2D eigenvalue weighted by molar-refractivity contribution is 0.411. The summed E-state index contributed by atoms with van der Waals surface area (Å²) in [5, 5.41) is 3.37. The van der Waals surface area contributed by atoms with Gasteiger partial charge in [0.15, 0.2) is 0 Å². The predicted molar refractivity (Wildman–Crippen MR) is 91.6 cm³/mol. The first kappa shape index (κ1) is 15.7. The lowest BCUT2D eigenvalue weighted by atomic mass is 10.2. The van der Waals surface area contributed by atoms with Gasteiger partial charge in [0.2, 0.25) is 0 Å². The van der Waals surface area contributed by atoms with Crippen LogP contribution < -0.4 is 14.8 Å². The third-order valence-electron chi connectivity index (χ3n) is 3.76. The van der Waals surface area contributed by atoms with Crippen LogP contribution in [-0.4, -0.2) is 21.6 Å². The Kier molecular flexibility index (Phi) is 4.17. The van der Waals surface area contributed by atoms with E-state index in [9.17, 15) is 8.42 Å². The summed E-state index contributed by atoms with van der Waals surface area (Å²) >= 11 is 0. The van der Waals surface area contributed by atoms with Crippen molar-refractivity contribution in [1.29, 1.82) is 0 Å². The number of anilines is 2. The predicted octanol–water partition coefficient (Wildman–Crippen LogP) is 3.38. The molecule has 2 N–H and O–H groups in total. The first-order chi connectivity index (χ1) is 11.0. The summed E-state index contributed by atoms with van der Waals surface area (Å²) in [6, 6.07) is 12.7. The second-order valence-corrected chi connectivity index (χ2v) is 7.42. The van der Waals surface area contributed by atoms with Crippen LogP contribution in [0.3, 0.4) is 0 Å². The van der Waals surface area contributed by atoms with E-state index in [0.29, 0.717) is 17.5 Å². The van der Waals surface area contributed by atoms with Gasteiger partial charge in [0, 0.05) is 17.4 Å². The van der Waals surface area contributed by atoms with E-state index < -0.39 is 10.0 Å². The van der Waals surface area contributed by atoms with Crippen molar-refractivity contribution < 1.29 is 13.2 Å². The van der Waals surface area contributed by atoms with Gasteiger partial charge in [-0.15, -0.1) is 0 Å². The van der Waals surface area contributed by atoms with Gasteiger partial charge >= 0.3 is 0 Å². The Morgan fingerprint density at radius 3 is 2.26 bits per heavy atom. The molecule has 1 saturated carbocycles. The highest BCUT2D eigenvalue weighted by atomic mass is 32.2. The van der Waals surface area contributed by atoms with E-state index in [4.69, 9.17) is 4.74 Å². The van der Waals surface area contributed by atoms with Crippen molar-refractivity contribution in [3.8, 4) is 5.75 Å². The Morgan fingerprint density at radius 2 is 1.70 bits per heavy atom. The highest BCUT2D eigenvalue weighted by Crippen LogP contribution is 2.26. The molecule has 5 nitrogen and oxygen atoms in total. The monoisotopic (exact) mass is 332 g/mol. The minimum atomic E-state index is -3.61. The molecule has 0 saturated heterocycles. The quantitative estimate of drug-likeness (QED) is 0.851. The molecule has 3 rings (SSSR count). The number of methoxy groups -OCH3 is 1. The van der Waals surface area contributed by atoms with E-state index in [1.54, 1.807) is 31.4 Å². The summed E-state index contributed by atoms with van der Waals surface area (Å²) in [7, 11) is -2.05. The number of nitrogens with one attached hydrogen (secondary N) is 2. The van der Waals surface area contributed by atoms with Crippen molar-refractivity contribution in [2.24, 2.45) is 0 Å². The first-order valence-corrected chi connectivity index (χ1v) is 9.00. The Morgan fingerprint density at radius 1 is 1.04 bits per heavy atom. The van der Waals surface area contributed by atoms with Crippen molar-refractivity contribution in [2.45, 2.75) is 30.7 Å². The van der Waals surface area contributed by atoms with Crippen LogP contribution in [0.2, 0.25) is 0 Å². The molecule has 0 heterocycles. The van der Waals surface area contributed by atoms with Crippen LogP contribution in [-0.2, 0) is 10.0 Å². The first-order valence-electron chi connectivity index (χ1n) is 7.52. The fraction of sp³-hybridized carbons (Fsp3) is 0.294. The smallest absolute Gasteiger partial charge is 0.261 e. The third-order valence-corrected chi connectivity index (χ3v) is 5.14. The molecule has 0 aromatic heterocycles. The summed E-state index contributed by atoms with van der Waals surface area (Å²) in [6.45, 7) is 1.82. The maximum absolute atomic E-state index is 12.5. The largest absolute Gasteiger partial charge is 0.496 e. The van der Waals surface area contributed by atoms with Gasteiger partial charge in [0.25, 0.3) is 10.0 Å². The van der Waals surface area contributed by atoms with Gasteiger partial charge in [-0.05, 0) is 67.8 Å². The molecular weight excluding hydrogens is 312 g/mol. The van der Waals surface area contributed by atoms with Gasteiger partial charge in [0.1, 0.15) is 5.75 Å². The van der Waals surface area contributed by atoms with Crippen molar-refractivity contribution in [1.82, 2.24) is 0 Å². The zero-order chi connectivity index (χ0) is 16.4. The van der Waals surface area contributed by atoms with Crippen LogP contribution in [0.15, 0.2) is 47.4 Å². The average molecular weight is 332 g/mol. The fourth-order valence-corrected chi connectivity index (χ4v) is 3.47. The van der Waals surface area contributed by atoms with E-state index in [2.05, 4.69) is 10.0 Å². The van der Waals surface area contributed by atoms with E-state index in [1.807, 2.05) is 19.1 Å². The summed E-state index contributed by atoms with van der Waals surface area (Å²) in [4.78, 5) is 0.219. The number of hydrogen-bond donors (Lipinski definition) is 2. The minimum absolute atomic E-state index is 0.219. The molecular formula is C17H20N2O3S. The Balaban J connectivity index is 1.75. The van der Waals surface area contributed by atoms with Crippen molar-refractivity contribution >= 4 is 21.4 Å². The number of benzene rings is 2. The Hall–Kier alpha value is -2.21.